The predicted octanol–water partition coefficient (Wildman–Crippen LogP) is 3.59. The highest BCUT2D eigenvalue weighted by Crippen LogP contribution is 2.14. The number of aromatic nitrogens is 3. The van der Waals surface area contributed by atoms with Crippen molar-refractivity contribution in [1.29, 1.82) is 0 Å². The summed E-state index contributed by atoms with van der Waals surface area (Å²) in [4.78, 5) is 4.54. The SMILES string of the molecule is COCCCOc1cccc(CNCc2ccc(-n3nc(C)cc3C)nc2)c1. The molecule has 0 fully saturated rings. The first-order valence-electron chi connectivity index (χ1n) is 9.55. The fourth-order valence-electron chi connectivity index (χ4n) is 3.00. The van der Waals surface area contributed by atoms with Gasteiger partial charge in [0.15, 0.2) is 5.82 Å². The van der Waals surface area contributed by atoms with Gasteiger partial charge < -0.3 is 14.8 Å². The van der Waals surface area contributed by atoms with Crippen molar-refractivity contribution < 1.29 is 9.47 Å². The van der Waals surface area contributed by atoms with Crippen LogP contribution in [0.5, 0.6) is 5.75 Å². The van der Waals surface area contributed by atoms with Gasteiger partial charge in [-0.1, -0.05) is 18.2 Å². The van der Waals surface area contributed by atoms with Crippen molar-refractivity contribution in [2.24, 2.45) is 0 Å². The van der Waals surface area contributed by atoms with Gasteiger partial charge in [-0.15, -0.1) is 0 Å². The van der Waals surface area contributed by atoms with Crippen LogP contribution >= 0.6 is 0 Å². The van der Waals surface area contributed by atoms with Gasteiger partial charge in [-0.05, 0) is 49.2 Å². The van der Waals surface area contributed by atoms with Crippen molar-refractivity contribution in [2.75, 3.05) is 20.3 Å². The van der Waals surface area contributed by atoms with Crippen LogP contribution in [-0.2, 0) is 17.8 Å². The Morgan fingerprint density at radius 2 is 1.86 bits per heavy atom. The standard InChI is InChI=1S/C22H28N4O2/c1-17-12-18(2)26(25-17)22-9-8-20(16-24-22)15-23-14-19-6-4-7-21(13-19)28-11-5-10-27-3/h4,6-9,12-13,16,23H,5,10-11,14-15H2,1-3H3. The molecule has 6 nitrogen and oxygen atoms in total. The quantitative estimate of drug-likeness (QED) is 0.545. The number of benzene rings is 1. The summed E-state index contributed by atoms with van der Waals surface area (Å²) in [7, 11) is 1.70. The molecule has 148 valence electrons. The number of ether oxygens (including phenoxy) is 2. The molecule has 0 atom stereocenters. The number of hydrogen-bond acceptors (Lipinski definition) is 5. The summed E-state index contributed by atoms with van der Waals surface area (Å²) in [6.45, 7) is 6.93. The van der Waals surface area contributed by atoms with Crippen molar-refractivity contribution in [1.82, 2.24) is 20.1 Å². The van der Waals surface area contributed by atoms with Crippen molar-refractivity contribution in [3.8, 4) is 11.6 Å². The minimum absolute atomic E-state index is 0.665. The average Bonchev–Trinajstić information content (AvgIpc) is 3.04. The number of pyridine rings is 1. The molecule has 0 amide bonds. The second-order valence-corrected chi connectivity index (χ2v) is 6.81. The van der Waals surface area contributed by atoms with E-state index in [1.807, 2.05) is 49.0 Å². The molecule has 0 aliphatic rings. The molecule has 1 aromatic carbocycles. The van der Waals surface area contributed by atoms with E-state index in [1.165, 1.54) is 5.56 Å². The molecule has 0 saturated heterocycles. The van der Waals surface area contributed by atoms with Crippen molar-refractivity contribution in [2.45, 2.75) is 33.4 Å². The van der Waals surface area contributed by atoms with Crippen molar-refractivity contribution in [3.05, 3.63) is 71.2 Å². The molecule has 0 bridgehead atoms. The van der Waals surface area contributed by atoms with E-state index in [4.69, 9.17) is 9.47 Å². The zero-order valence-corrected chi connectivity index (χ0v) is 16.8. The van der Waals surface area contributed by atoms with E-state index in [0.717, 1.165) is 48.0 Å². The van der Waals surface area contributed by atoms with Gasteiger partial charge in [-0.2, -0.15) is 5.10 Å². The van der Waals surface area contributed by atoms with Crippen LogP contribution < -0.4 is 10.1 Å². The van der Waals surface area contributed by atoms with Crippen LogP contribution in [0.25, 0.3) is 5.82 Å². The molecule has 0 aliphatic carbocycles. The van der Waals surface area contributed by atoms with Crippen LogP contribution in [0, 0.1) is 13.8 Å². The van der Waals surface area contributed by atoms with E-state index in [9.17, 15) is 0 Å². The summed E-state index contributed by atoms with van der Waals surface area (Å²) in [5.74, 6) is 1.74. The van der Waals surface area contributed by atoms with Crippen LogP contribution in [0.15, 0.2) is 48.7 Å². The third-order valence-corrected chi connectivity index (χ3v) is 4.35. The minimum atomic E-state index is 0.665. The highest BCUT2D eigenvalue weighted by Gasteiger charge is 2.05. The fraction of sp³-hybridized carbons (Fsp3) is 0.364. The lowest BCUT2D eigenvalue weighted by Gasteiger charge is -2.09. The third kappa shape index (κ3) is 5.65. The lowest BCUT2D eigenvalue weighted by Crippen LogP contribution is -2.13. The highest BCUT2D eigenvalue weighted by atomic mass is 16.5. The van der Waals surface area contributed by atoms with Crippen LogP contribution in [0.4, 0.5) is 0 Å². The van der Waals surface area contributed by atoms with Crippen molar-refractivity contribution in [3.63, 3.8) is 0 Å². The number of nitrogens with zero attached hydrogens (tertiary/aromatic N) is 3. The summed E-state index contributed by atoms with van der Waals surface area (Å²) < 4.78 is 12.7. The van der Waals surface area contributed by atoms with Crippen LogP contribution in [0.2, 0.25) is 0 Å². The molecule has 0 spiro atoms. The Balaban J connectivity index is 1.49. The zero-order chi connectivity index (χ0) is 19.8. The molecule has 2 aromatic heterocycles. The van der Waals surface area contributed by atoms with E-state index in [2.05, 4.69) is 33.6 Å². The molecule has 1 N–H and O–H groups in total. The number of rotatable bonds is 10. The van der Waals surface area contributed by atoms with E-state index < -0.39 is 0 Å². The largest absolute Gasteiger partial charge is 0.493 e. The molecule has 3 rings (SSSR count). The second kappa shape index (κ2) is 10.0. The Labute approximate surface area is 166 Å². The Bertz CT molecular complexity index is 874. The predicted molar refractivity (Wildman–Crippen MR) is 110 cm³/mol. The van der Waals surface area contributed by atoms with Gasteiger partial charge >= 0.3 is 0 Å². The summed E-state index contributed by atoms with van der Waals surface area (Å²) in [5, 5.41) is 7.93. The lowest BCUT2D eigenvalue weighted by molar-refractivity contribution is 0.172. The molecule has 0 aliphatic heterocycles. The maximum Gasteiger partial charge on any atom is 0.153 e. The van der Waals surface area contributed by atoms with E-state index >= 15 is 0 Å². The van der Waals surface area contributed by atoms with Crippen LogP contribution in [-0.4, -0.2) is 35.1 Å². The van der Waals surface area contributed by atoms with Gasteiger partial charge in [0.05, 0.1) is 12.3 Å². The molecule has 0 unspecified atom stereocenters. The van der Waals surface area contributed by atoms with Gasteiger partial charge in [-0.25, -0.2) is 9.67 Å². The van der Waals surface area contributed by atoms with E-state index in [-0.39, 0.29) is 0 Å². The molecule has 2 heterocycles. The summed E-state index contributed by atoms with van der Waals surface area (Å²) in [5.41, 5.74) is 4.41. The smallest absolute Gasteiger partial charge is 0.153 e. The summed E-state index contributed by atoms with van der Waals surface area (Å²) in [6, 6.07) is 14.3. The maximum absolute atomic E-state index is 5.75. The molecule has 0 radical (unpaired) electrons. The number of methoxy groups -OCH3 is 1. The number of hydrogen-bond donors (Lipinski definition) is 1. The normalized spacial score (nSPS) is 11.0. The van der Waals surface area contributed by atoms with Gasteiger partial charge in [0.25, 0.3) is 0 Å². The van der Waals surface area contributed by atoms with E-state index in [1.54, 1.807) is 7.11 Å². The third-order valence-electron chi connectivity index (χ3n) is 4.35. The maximum atomic E-state index is 5.75. The molecule has 6 heteroatoms. The Morgan fingerprint density at radius 1 is 1.00 bits per heavy atom. The minimum Gasteiger partial charge on any atom is -0.493 e. The molecule has 3 aromatic rings. The van der Waals surface area contributed by atoms with E-state index in [0.29, 0.717) is 13.2 Å². The van der Waals surface area contributed by atoms with Gasteiger partial charge in [0.2, 0.25) is 0 Å². The van der Waals surface area contributed by atoms with Gasteiger partial charge in [-0.3, -0.25) is 0 Å². The average molecular weight is 380 g/mol. The fourth-order valence-corrected chi connectivity index (χ4v) is 3.00. The first kappa shape index (κ1) is 20.0. The lowest BCUT2D eigenvalue weighted by atomic mass is 10.2. The molecular weight excluding hydrogens is 352 g/mol. The van der Waals surface area contributed by atoms with Crippen LogP contribution in [0.3, 0.4) is 0 Å². The summed E-state index contributed by atoms with van der Waals surface area (Å²) >= 11 is 0. The van der Waals surface area contributed by atoms with Crippen molar-refractivity contribution >= 4 is 0 Å². The van der Waals surface area contributed by atoms with Gasteiger partial charge in [0, 0.05) is 45.1 Å². The Morgan fingerprint density at radius 3 is 2.57 bits per heavy atom. The molecular formula is C22H28N4O2. The monoisotopic (exact) mass is 380 g/mol. The zero-order valence-electron chi connectivity index (χ0n) is 16.8. The second-order valence-electron chi connectivity index (χ2n) is 6.81. The number of aryl methyl sites for hydroxylation is 2. The summed E-state index contributed by atoms with van der Waals surface area (Å²) in [6.07, 6.45) is 2.79. The topological polar surface area (TPSA) is 61.2 Å². The molecule has 28 heavy (non-hydrogen) atoms. The Hall–Kier alpha value is -2.70. The van der Waals surface area contributed by atoms with Crippen LogP contribution in [0.1, 0.15) is 28.9 Å². The molecule has 0 saturated carbocycles. The Kier molecular flexibility index (Phi) is 7.17. The number of nitrogens with one attached hydrogen (secondary N) is 1. The first-order chi connectivity index (χ1) is 13.7. The van der Waals surface area contributed by atoms with Gasteiger partial charge in [0.1, 0.15) is 5.75 Å². The first-order valence-corrected chi connectivity index (χ1v) is 9.55. The highest BCUT2D eigenvalue weighted by molar-refractivity contribution is 5.29.